The fraction of sp³-hybridized carbons (Fsp3) is 0.462. The van der Waals surface area contributed by atoms with Crippen molar-refractivity contribution in [2.24, 2.45) is 5.73 Å². The van der Waals surface area contributed by atoms with Gasteiger partial charge in [0.15, 0.2) is 0 Å². The van der Waals surface area contributed by atoms with E-state index in [0.29, 0.717) is 21.6 Å². The van der Waals surface area contributed by atoms with Crippen molar-refractivity contribution in [3.8, 4) is 0 Å². The minimum Gasteiger partial charge on any atom is -0.350 e. The SMILES string of the molecule is CCC(N)(CC)CNC(=O)c1cccc(Br)c1Cl.Cl. The van der Waals surface area contributed by atoms with Gasteiger partial charge >= 0.3 is 0 Å². The molecular weight excluding hydrogens is 351 g/mol. The highest BCUT2D eigenvalue weighted by Crippen LogP contribution is 2.25. The third-order valence-corrected chi connectivity index (χ3v) is 4.50. The zero-order valence-electron chi connectivity index (χ0n) is 11.0. The number of benzene rings is 1. The first kappa shape index (κ1) is 18.7. The van der Waals surface area contributed by atoms with Gasteiger partial charge in [-0.15, -0.1) is 12.4 Å². The Bertz CT molecular complexity index is 437. The summed E-state index contributed by atoms with van der Waals surface area (Å²) in [6.07, 6.45) is 1.63. The summed E-state index contributed by atoms with van der Waals surface area (Å²) < 4.78 is 0.710. The van der Waals surface area contributed by atoms with Gasteiger partial charge in [0, 0.05) is 16.6 Å². The second kappa shape index (κ2) is 8.10. The third-order valence-electron chi connectivity index (χ3n) is 3.21. The van der Waals surface area contributed by atoms with E-state index in [1.807, 2.05) is 13.8 Å². The Labute approximate surface area is 133 Å². The molecule has 19 heavy (non-hydrogen) atoms. The molecular formula is C13H19BrCl2N2O. The van der Waals surface area contributed by atoms with Gasteiger partial charge in [-0.3, -0.25) is 4.79 Å². The molecule has 0 aromatic heterocycles. The van der Waals surface area contributed by atoms with Gasteiger partial charge in [-0.25, -0.2) is 0 Å². The van der Waals surface area contributed by atoms with Crippen LogP contribution in [0.5, 0.6) is 0 Å². The molecule has 0 saturated carbocycles. The van der Waals surface area contributed by atoms with Gasteiger partial charge in [0.2, 0.25) is 0 Å². The van der Waals surface area contributed by atoms with Gasteiger partial charge in [0.1, 0.15) is 0 Å². The van der Waals surface area contributed by atoms with E-state index in [9.17, 15) is 4.79 Å². The number of carbonyl (C=O) groups is 1. The van der Waals surface area contributed by atoms with Crippen molar-refractivity contribution in [3.63, 3.8) is 0 Å². The fourth-order valence-electron chi connectivity index (χ4n) is 1.53. The molecule has 1 amide bonds. The molecule has 3 N–H and O–H groups in total. The maximum atomic E-state index is 12.0. The van der Waals surface area contributed by atoms with E-state index < -0.39 is 0 Å². The minimum absolute atomic E-state index is 0. The predicted molar refractivity (Wildman–Crippen MR) is 86.2 cm³/mol. The molecule has 0 aliphatic rings. The number of halogens is 3. The number of amides is 1. The molecule has 0 aliphatic heterocycles. The Balaban J connectivity index is 0.00000324. The zero-order chi connectivity index (χ0) is 13.8. The smallest absolute Gasteiger partial charge is 0.252 e. The van der Waals surface area contributed by atoms with Crippen LogP contribution in [0.15, 0.2) is 22.7 Å². The molecule has 3 nitrogen and oxygen atoms in total. The van der Waals surface area contributed by atoms with Crippen LogP contribution in [-0.2, 0) is 0 Å². The summed E-state index contributed by atoms with van der Waals surface area (Å²) in [5.74, 6) is -0.196. The van der Waals surface area contributed by atoms with Gasteiger partial charge in [-0.2, -0.15) is 0 Å². The van der Waals surface area contributed by atoms with Crippen LogP contribution < -0.4 is 11.1 Å². The molecule has 1 rings (SSSR count). The normalized spacial score (nSPS) is 10.8. The molecule has 6 heteroatoms. The van der Waals surface area contributed by atoms with E-state index in [0.717, 1.165) is 12.8 Å². The van der Waals surface area contributed by atoms with Gasteiger partial charge in [0.25, 0.3) is 5.91 Å². The van der Waals surface area contributed by atoms with E-state index in [2.05, 4.69) is 21.2 Å². The van der Waals surface area contributed by atoms with Crippen LogP contribution in [0.25, 0.3) is 0 Å². The summed E-state index contributed by atoms with van der Waals surface area (Å²) in [5, 5.41) is 3.26. The first-order chi connectivity index (χ1) is 8.43. The lowest BCUT2D eigenvalue weighted by molar-refractivity contribution is 0.0942. The lowest BCUT2D eigenvalue weighted by atomic mass is 9.94. The standard InChI is InChI=1S/C13H18BrClN2O.ClH/c1-3-13(16,4-2)8-17-12(18)9-6-5-7-10(14)11(9)15;/h5-7H,3-4,8,16H2,1-2H3,(H,17,18);1H. The number of rotatable bonds is 5. The topological polar surface area (TPSA) is 55.1 Å². The number of nitrogens with two attached hydrogens (primary N) is 1. The summed E-state index contributed by atoms with van der Waals surface area (Å²) in [6.45, 7) is 4.48. The van der Waals surface area contributed by atoms with E-state index >= 15 is 0 Å². The molecule has 108 valence electrons. The van der Waals surface area contributed by atoms with Crippen molar-refractivity contribution in [1.29, 1.82) is 0 Å². The van der Waals surface area contributed by atoms with Crippen LogP contribution in [0.3, 0.4) is 0 Å². The largest absolute Gasteiger partial charge is 0.350 e. The summed E-state index contributed by atoms with van der Waals surface area (Å²) >= 11 is 9.36. The lowest BCUT2D eigenvalue weighted by Gasteiger charge is -2.26. The maximum absolute atomic E-state index is 12.0. The number of nitrogens with one attached hydrogen (secondary N) is 1. The molecule has 0 fully saturated rings. The highest BCUT2D eigenvalue weighted by atomic mass is 79.9. The number of hydrogen-bond acceptors (Lipinski definition) is 2. The molecule has 1 aromatic rings. The highest BCUT2D eigenvalue weighted by Gasteiger charge is 2.22. The Kier molecular flexibility index (Phi) is 7.98. The van der Waals surface area contributed by atoms with E-state index in [1.165, 1.54) is 0 Å². The second-order valence-electron chi connectivity index (χ2n) is 4.35. The summed E-state index contributed by atoms with van der Waals surface area (Å²) in [6, 6.07) is 5.27. The Morgan fingerprint density at radius 2 is 2.00 bits per heavy atom. The molecule has 0 spiro atoms. The molecule has 0 radical (unpaired) electrons. The number of carbonyl (C=O) groups excluding carboxylic acids is 1. The van der Waals surface area contributed by atoms with Crippen molar-refractivity contribution < 1.29 is 4.79 Å². The van der Waals surface area contributed by atoms with E-state index in [-0.39, 0.29) is 23.9 Å². The molecule has 0 aliphatic carbocycles. The maximum Gasteiger partial charge on any atom is 0.252 e. The van der Waals surface area contributed by atoms with Crippen LogP contribution in [0.4, 0.5) is 0 Å². The summed E-state index contributed by atoms with van der Waals surface area (Å²) in [4.78, 5) is 12.0. The molecule has 0 saturated heterocycles. The van der Waals surface area contributed by atoms with Crippen molar-refractivity contribution in [3.05, 3.63) is 33.3 Å². The first-order valence-corrected chi connectivity index (χ1v) is 7.11. The van der Waals surface area contributed by atoms with Crippen LogP contribution in [0.1, 0.15) is 37.0 Å². The van der Waals surface area contributed by atoms with Crippen LogP contribution in [0.2, 0.25) is 5.02 Å². The highest BCUT2D eigenvalue weighted by molar-refractivity contribution is 9.10. The first-order valence-electron chi connectivity index (χ1n) is 5.94. The van der Waals surface area contributed by atoms with Gasteiger partial charge in [-0.1, -0.05) is 31.5 Å². The van der Waals surface area contributed by atoms with Crippen molar-refractivity contribution in [1.82, 2.24) is 5.32 Å². The number of hydrogen-bond donors (Lipinski definition) is 2. The summed E-state index contributed by atoms with van der Waals surface area (Å²) in [7, 11) is 0. The van der Waals surface area contributed by atoms with E-state index in [1.54, 1.807) is 18.2 Å². The van der Waals surface area contributed by atoms with Gasteiger partial charge in [-0.05, 0) is 40.9 Å². The Hall–Kier alpha value is -0.290. The minimum atomic E-state index is -0.353. The quantitative estimate of drug-likeness (QED) is 0.829. The fourth-order valence-corrected chi connectivity index (χ4v) is 2.11. The van der Waals surface area contributed by atoms with Crippen molar-refractivity contribution in [2.75, 3.05) is 6.54 Å². The van der Waals surface area contributed by atoms with Crippen LogP contribution in [0, 0.1) is 0 Å². The molecule has 0 atom stereocenters. The summed E-state index contributed by atoms with van der Waals surface area (Å²) in [5.41, 5.74) is 6.24. The predicted octanol–water partition coefficient (Wildman–Crippen LogP) is 3.77. The van der Waals surface area contributed by atoms with Crippen molar-refractivity contribution in [2.45, 2.75) is 32.2 Å². The van der Waals surface area contributed by atoms with Crippen LogP contribution in [-0.4, -0.2) is 18.0 Å². The lowest BCUT2D eigenvalue weighted by Crippen LogP contribution is -2.49. The monoisotopic (exact) mass is 368 g/mol. The van der Waals surface area contributed by atoms with Crippen LogP contribution >= 0.6 is 39.9 Å². The van der Waals surface area contributed by atoms with E-state index in [4.69, 9.17) is 17.3 Å². The van der Waals surface area contributed by atoms with Gasteiger partial charge < -0.3 is 11.1 Å². The molecule has 1 aromatic carbocycles. The molecule has 0 heterocycles. The Morgan fingerprint density at radius 1 is 1.42 bits per heavy atom. The van der Waals surface area contributed by atoms with Gasteiger partial charge in [0.05, 0.1) is 10.6 Å². The zero-order valence-corrected chi connectivity index (χ0v) is 14.2. The average molecular weight is 370 g/mol. The molecule has 0 bridgehead atoms. The molecule has 0 unspecified atom stereocenters. The average Bonchev–Trinajstić information content (AvgIpc) is 2.39. The third kappa shape index (κ3) is 4.95. The van der Waals surface area contributed by atoms with Crippen molar-refractivity contribution >= 4 is 45.8 Å². The Morgan fingerprint density at radius 3 is 2.53 bits per heavy atom. The second-order valence-corrected chi connectivity index (χ2v) is 5.59.